The van der Waals surface area contributed by atoms with Crippen molar-refractivity contribution in [2.75, 3.05) is 5.32 Å². The molecule has 0 saturated carbocycles. The summed E-state index contributed by atoms with van der Waals surface area (Å²) in [4.78, 5) is 49.7. The Hall–Kier alpha value is -4.70. The van der Waals surface area contributed by atoms with Crippen molar-refractivity contribution in [1.82, 2.24) is 5.43 Å². The van der Waals surface area contributed by atoms with E-state index in [9.17, 15) is 19.2 Å². The number of halogens is 3. The Balaban J connectivity index is 1.52. The monoisotopic (exact) mass is 609 g/mol. The highest BCUT2D eigenvalue weighted by atomic mass is 35.5. The number of hydrazone groups is 1. The van der Waals surface area contributed by atoms with E-state index in [1.165, 1.54) is 60.7 Å². The first-order chi connectivity index (χ1) is 19.7. The van der Waals surface area contributed by atoms with Crippen LogP contribution in [0.2, 0.25) is 15.1 Å². The van der Waals surface area contributed by atoms with Gasteiger partial charge in [0.25, 0.3) is 0 Å². The van der Waals surface area contributed by atoms with Crippen LogP contribution in [0.3, 0.4) is 0 Å². The summed E-state index contributed by atoms with van der Waals surface area (Å²) in [6.45, 7) is 0. The van der Waals surface area contributed by atoms with Gasteiger partial charge in [0.05, 0.1) is 28.1 Å². The van der Waals surface area contributed by atoms with Crippen LogP contribution in [0.15, 0.2) is 96.1 Å². The van der Waals surface area contributed by atoms with Gasteiger partial charge in [0.1, 0.15) is 11.5 Å². The van der Waals surface area contributed by atoms with Gasteiger partial charge >= 0.3 is 23.8 Å². The van der Waals surface area contributed by atoms with Crippen molar-refractivity contribution in [3.05, 3.63) is 123 Å². The molecular formula is C29H18Cl3N3O6. The number of rotatable bonds is 7. The second-order valence-electron chi connectivity index (χ2n) is 8.13. The molecule has 0 spiro atoms. The lowest BCUT2D eigenvalue weighted by Gasteiger charge is -2.11. The van der Waals surface area contributed by atoms with Gasteiger partial charge in [0.15, 0.2) is 0 Å². The van der Waals surface area contributed by atoms with E-state index in [1.54, 1.807) is 30.3 Å². The van der Waals surface area contributed by atoms with Gasteiger partial charge in [-0.1, -0.05) is 46.9 Å². The smallest absolute Gasteiger partial charge is 0.343 e. The molecule has 2 N–H and O–H groups in total. The van der Waals surface area contributed by atoms with E-state index < -0.39 is 23.8 Å². The fourth-order valence-corrected chi connectivity index (χ4v) is 3.66. The summed E-state index contributed by atoms with van der Waals surface area (Å²) in [6.07, 6.45) is 1.15. The van der Waals surface area contributed by atoms with E-state index in [2.05, 4.69) is 15.8 Å². The number of anilines is 1. The maximum Gasteiger partial charge on any atom is 0.343 e. The van der Waals surface area contributed by atoms with Crippen molar-refractivity contribution in [3.63, 3.8) is 0 Å². The molecule has 206 valence electrons. The lowest BCUT2D eigenvalue weighted by Crippen LogP contribution is -2.32. The van der Waals surface area contributed by atoms with Gasteiger partial charge in [0, 0.05) is 21.7 Å². The third-order valence-electron chi connectivity index (χ3n) is 5.26. The molecule has 0 aliphatic rings. The predicted octanol–water partition coefficient (Wildman–Crippen LogP) is 6.17. The highest BCUT2D eigenvalue weighted by Gasteiger charge is 2.17. The number of hydrogen-bond donors (Lipinski definition) is 2. The van der Waals surface area contributed by atoms with Crippen molar-refractivity contribution in [3.8, 4) is 11.5 Å². The van der Waals surface area contributed by atoms with Gasteiger partial charge in [-0.25, -0.2) is 15.0 Å². The lowest BCUT2D eigenvalue weighted by atomic mass is 10.2. The number of hydrogen-bond acceptors (Lipinski definition) is 7. The number of nitrogens with one attached hydrogen (secondary N) is 2. The Labute approximate surface area is 248 Å². The van der Waals surface area contributed by atoms with Crippen molar-refractivity contribution < 1.29 is 28.7 Å². The molecule has 12 heteroatoms. The summed E-state index contributed by atoms with van der Waals surface area (Å²) in [6, 6.07) is 22.6. The first kappa shape index (κ1) is 29.3. The minimum absolute atomic E-state index is 0.0510. The molecule has 0 atom stereocenters. The predicted molar refractivity (Wildman–Crippen MR) is 155 cm³/mol. The molecule has 0 bridgehead atoms. The van der Waals surface area contributed by atoms with Gasteiger partial charge in [-0.05, 0) is 72.8 Å². The van der Waals surface area contributed by atoms with Crippen molar-refractivity contribution in [2.45, 2.75) is 0 Å². The summed E-state index contributed by atoms with van der Waals surface area (Å²) < 4.78 is 10.9. The molecule has 0 aliphatic carbocycles. The van der Waals surface area contributed by atoms with E-state index in [1.807, 2.05) is 0 Å². The molecule has 41 heavy (non-hydrogen) atoms. The Bertz CT molecular complexity index is 1640. The molecule has 9 nitrogen and oxygen atoms in total. The molecule has 0 heterocycles. The van der Waals surface area contributed by atoms with Crippen molar-refractivity contribution >= 4 is 70.5 Å². The zero-order chi connectivity index (χ0) is 29.4. The van der Waals surface area contributed by atoms with Gasteiger partial charge in [-0.15, -0.1) is 0 Å². The lowest BCUT2D eigenvalue weighted by molar-refractivity contribution is -0.136. The van der Waals surface area contributed by atoms with Crippen molar-refractivity contribution in [1.29, 1.82) is 0 Å². The SMILES string of the molecule is O=C(NN=Cc1ccc(OC(=O)c2ccc(Cl)cc2)cc1OC(=O)c1ccc(Cl)cc1)C(=O)Nc1ccccc1Cl. The number of nitrogens with zero attached hydrogens (tertiary/aromatic N) is 1. The number of esters is 2. The normalized spacial score (nSPS) is 10.6. The molecule has 0 radical (unpaired) electrons. The van der Waals surface area contributed by atoms with E-state index >= 15 is 0 Å². The zero-order valence-electron chi connectivity index (χ0n) is 20.8. The van der Waals surface area contributed by atoms with Crippen LogP contribution in [0, 0.1) is 0 Å². The molecule has 0 aliphatic heterocycles. The largest absolute Gasteiger partial charge is 0.423 e. The topological polar surface area (TPSA) is 123 Å². The fraction of sp³-hybridized carbons (Fsp3) is 0. The molecule has 0 aromatic heterocycles. The van der Waals surface area contributed by atoms with Gasteiger partial charge in [-0.2, -0.15) is 5.10 Å². The van der Waals surface area contributed by atoms with Crippen LogP contribution in [-0.2, 0) is 9.59 Å². The number of ether oxygens (including phenoxy) is 2. The zero-order valence-corrected chi connectivity index (χ0v) is 23.0. The summed E-state index contributed by atoms with van der Waals surface area (Å²) in [7, 11) is 0. The van der Waals surface area contributed by atoms with Crippen LogP contribution >= 0.6 is 34.8 Å². The number of amides is 2. The quantitative estimate of drug-likeness (QED) is 0.0848. The first-order valence-corrected chi connectivity index (χ1v) is 12.8. The van der Waals surface area contributed by atoms with E-state index in [4.69, 9.17) is 44.3 Å². The fourth-order valence-electron chi connectivity index (χ4n) is 3.22. The van der Waals surface area contributed by atoms with Crippen LogP contribution in [0.1, 0.15) is 26.3 Å². The van der Waals surface area contributed by atoms with Crippen LogP contribution in [-0.4, -0.2) is 30.0 Å². The molecule has 4 aromatic carbocycles. The third-order valence-corrected chi connectivity index (χ3v) is 6.09. The minimum atomic E-state index is -1.07. The van der Waals surface area contributed by atoms with E-state index in [-0.39, 0.29) is 38.9 Å². The maximum absolute atomic E-state index is 12.8. The Morgan fingerprint density at radius 1 is 0.683 bits per heavy atom. The molecule has 4 aromatic rings. The molecule has 0 unspecified atom stereocenters. The van der Waals surface area contributed by atoms with Crippen LogP contribution in [0.5, 0.6) is 11.5 Å². The molecule has 0 fully saturated rings. The summed E-state index contributed by atoms with van der Waals surface area (Å²) in [5.74, 6) is -3.48. The summed E-state index contributed by atoms with van der Waals surface area (Å²) in [5, 5.41) is 7.28. The van der Waals surface area contributed by atoms with E-state index in [0.717, 1.165) is 6.21 Å². The van der Waals surface area contributed by atoms with Crippen LogP contribution in [0.25, 0.3) is 0 Å². The molecule has 4 rings (SSSR count). The Kier molecular flexibility index (Phi) is 9.70. The minimum Gasteiger partial charge on any atom is -0.423 e. The number of benzene rings is 4. The van der Waals surface area contributed by atoms with Crippen LogP contribution in [0.4, 0.5) is 5.69 Å². The van der Waals surface area contributed by atoms with Crippen LogP contribution < -0.4 is 20.2 Å². The second-order valence-corrected chi connectivity index (χ2v) is 9.41. The highest BCUT2D eigenvalue weighted by molar-refractivity contribution is 6.41. The first-order valence-electron chi connectivity index (χ1n) is 11.7. The summed E-state index contributed by atoms with van der Waals surface area (Å²) in [5.41, 5.74) is 3.00. The molecule has 0 saturated heterocycles. The third kappa shape index (κ3) is 8.15. The molecular weight excluding hydrogens is 593 g/mol. The second kappa shape index (κ2) is 13.6. The average molecular weight is 611 g/mol. The van der Waals surface area contributed by atoms with Gasteiger partial charge in [-0.3, -0.25) is 9.59 Å². The van der Waals surface area contributed by atoms with Crippen molar-refractivity contribution in [2.24, 2.45) is 5.10 Å². The Morgan fingerprint density at radius 3 is 1.88 bits per heavy atom. The summed E-state index contributed by atoms with van der Waals surface area (Å²) >= 11 is 17.8. The number of carbonyl (C=O) groups is 4. The highest BCUT2D eigenvalue weighted by Crippen LogP contribution is 2.26. The maximum atomic E-state index is 12.8. The van der Waals surface area contributed by atoms with Gasteiger partial charge < -0.3 is 14.8 Å². The average Bonchev–Trinajstić information content (AvgIpc) is 2.96. The Morgan fingerprint density at radius 2 is 1.27 bits per heavy atom. The van der Waals surface area contributed by atoms with Gasteiger partial charge in [0.2, 0.25) is 0 Å². The number of carbonyl (C=O) groups excluding carboxylic acids is 4. The molecule has 2 amide bonds. The van der Waals surface area contributed by atoms with E-state index in [0.29, 0.717) is 10.0 Å². The standard InChI is InChI=1S/C29H18Cl3N3O6/c30-20-10-5-17(6-11-20)28(38)40-22-14-9-19(25(15-22)41-29(39)18-7-12-21(31)13-8-18)16-33-35-27(37)26(36)34-24-4-2-1-3-23(24)32/h1-16H,(H,34,36)(H,35,37). The number of para-hydroxylation sites is 1.